The van der Waals surface area contributed by atoms with Crippen LogP contribution in [-0.2, 0) is 25.6 Å². The zero-order valence-electron chi connectivity index (χ0n) is 20.4. The zero-order valence-corrected chi connectivity index (χ0v) is 20.4. The Morgan fingerprint density at radius 3 is 2.03 bits per heavy atom. The van der Waals surface area contributed by atoms with Gasteiger partial charge in [0.05, 0.1) is 12.6 Å². The Morgan fingerprint density at radius 1 is 0.914 bits per heavy atom. The van der Waals surface area contributed by atoms with Crippen molar-refractivity contribution >= 4 is 23.7 Å². The number of amides is 3. The van der Waals surface area contributed by atoms with E-state index in [1.807, 2.05) is 32.0 Å². The normalized spacial score (nSPS) is 15.2. The van der Waals surface area contributed by atoms with Crippen LogP contribution in [0.3, 0.4) is 0 Å². The minimum absolute atomic E-state index is 0.100. The number of benzene rings is 1. The Balaban J connectivity index is 3.08. The summed E-state index contributed by atoms with van der Waals surface area (Å²) in [5, 5.41) is 25.9. The first kappa shape index (κ1) is 30.0. The van der Waals surface area contributed by atoms with Crippen LogP contribution in [0.25, 0.3) is 0 Å². The molecule has 0 radical (unpaired) electrons. The molecule has 0 aliphatic rings. The Kier molecular flexibility index (Phi) is 13.5. The van der Waals surface area contributed by atoms with Gasteiger partial charge >= 0.3 is 5.97 Å². The molecule has 0 aliphatic heterocycles. The molecule has 1 aromatic carbocycles. The summed E-state index contributed by atoms with van der Waals surface area (Å²) in [6.07, 6.45) is 2.14. The van der Waals surface area contributed by atoms with E-state index >= 15 is 0 Å². The predicted octanol–water partition coefficient (Wildman–Crippen LogP) is -0.737. The number of rotatable bonds is 16. The lowest BCUT2D eigenvalue weighted by Gasteiger charge is -2.26. The molecule has 0 saturated carbocycles. The van der Waals surface area contributed by atoms with Crippen LogP contribution in [0.4, 0.5) is 0 Å². The minimum Gasteiger partial charge on any atom is -0.480 e. The Hall–Kier alpha value is -3.02. The van der Waals surface area contributed by atoms with Crippen molar-refractivity contribution in [1.29, 1.82) is 0 Å². The fourth-order valence-electron chi connectivity index (χ4n) is 3.33. The molecule has 0 aromatic heterocycles. The molecule has 0 bridgehead atoms. The van der Waals surface area contributed by atoms with Crippen molar-refractivity contribution in [3.63, 3.8) is 0 Å². The van der Waals surface area contributed by atoms with E-state index in [1.54, 1.807) is 12.1 Å². The topological polar surface area (TPSA) is 197 Å². The third-order valence-corrected chi connectivity index (χ3v) is 5.85. The fraction of sp³-hybridized carbons (Fsp3) is 0.583. The summed E-state index contributed by atoms with van der Waals surface area (Å²) < 4.78 is 0. The number of aliphatic hydroxyl groups excluding tert-OH is 1. The molecule has 0 spiro atoms. The summed E-state index contributed by atoms with van der Waals surface area (Å²) in [6, 6.07) is 4.64. The van der Waals surface area contributed by atoms with Gasteiger partial charge in [-0.2, -0.15) is 0 Å². The quantitative estimate of drug-likeness (QED) is 0.146. The summed E-state index contributed by atoms with van der Waals surface area (Å²) in [7, 11) is 0. The highest BCUT2D eigenvalue weighted by Crippen LogP contribution is 2.09. The maximum atomic E-state index is 13.2. The minimum atomic E-state index is -1.51. The van der Waals surface area contributed by atoms with Crippen molar-refractivity contribution in [3.05, 3.63) is 35.9 Å². The lowest BCUT2D eigenvalue weighted by Crippen LogP contribution is -2.58. The molecule has 3 amide bonds. The molecule has 0 saturated heterocycles. The molecule has 1 aromatic rings. The molecular weight excluding hydrogens is 454 g/mol. The number of hydrogen-bond donors (Lipinski definition) is 7. The number of carboxylic acid groups (broad SMARTS) is 1. The van der Waals surface area contributed by atoms with Crippen LogP contribution < -0.4 is 27.4 Å². The summed E-state index contributed by atoms with van der Waals surface area (Å²) >= 11 is 0. The van der Waals surface area contributed by atoms with Crippen LogP contribution in [0, 0.1) is 5.92 Å². The number of aliphatic carboxylic acids is 1. The zero-order chi connectivity index (χ0) is 26.4. The summed E-state index contributed by atoms with van der Waals surface area (Å²) in [4.78, 5) is 49.9. The lowest BCUT2D eigenvalue weighted by atomic mass is 9.98. The van der Waals surface area contributed by atoms with Gasteiger partial charge in [0, 0.05) is 6.42 Å². The summed E-state index contributed by atoms with van der Waals surface area (Å²) in [6.45, 7) is 3.34. The number of nitrogens with one attached hydrogen (secondary N) is 3. The average Bonchev–Trinajstić information content (AvgIpc) is 2.85. The van der Waals surface area contributed by atoms with Crippen LogP contribution in [0.15, 0.2) is 30.3 Å². The molecule has 5 atom stereocenters. The fourth-order valence-corrected chi connectivity index (χ4v) is 3.33. The van der Waals surface area contributed by atoms with Gasteiger partial charge in [-0.1, -0.05) is 50.6 Å². The van der Waals surface area contributed by atoms with Crippen LogP contribution in [-0.4, -0.2) is 71.2 Å². The number of hydrogen-bond acceptors (Lipinski definition) is 7. The first-order chi connectivity index (χ1) is 16.6. The van der Waals surface area contributed by atoms with Gasteiger partial charge < -0.3 is 37.6 Å². The largest absolute Gasteiger partial charge is 0.480 e. The van der Waals surface area contributed by atoms with Gasteiger partial charge in [-0.15, -0.1) is 0 Å². The monoisotopic (exact) mass is 493 g/mol. The van der Waals surface area contributed by atoms with E-state index in [4.69, 9.17) is 16.6 Å². The maximum Gasteiger partial charge on any atom is 0.328 e. The Labute approximate surface area is 206 Å². The molecule has 0 fully saturated rings. The molecular formula is C24H39N5O6. The van der Waals surface area contributed by atoms with Crippen molar-refractivity contribution < 1.29 is 29.4 Å². The van der Waals surface area contributed by atoms with Gasteiger partial charge in [-0.3, -0.25) is 14.4 Å². The molecule has 196 valence electrons. The average molecular weight is 494 g/mol. The number of nitrogens with two attached hydrogens (primary N) is 2. The van der Waals surface area contributed by atoms with E-state index in [9.17, 15) is 24.3 Å². The molecule has 35 heavy (non-hydrogen) atoms. The van der Waals surface area contributed by atoms with Crippen LogP contribution in [0.5, 0.6) is 0 Å². The highest BCUT2D eigenvalue weighted by atomic mass is 16.4. The van der Waals surface area contributed by atoms with E-state index in [0.717, 1.165) is 5.56 Å². The van der Waals surface area contributed by atoms with E-state index in [1.165, 1.54) is 0 Å². The Bertz CT molecular complexity index is 822. The van der Waals surface area contributed by atoms with E-state index in [0.29, 0.717) is 25.8 Å². The third kappa shape index (κ3) is 10.4. The van der Waals surface area contributed by atoms with Crippen molar-refractivity contribution in [2.24, 2.45) is 17.4 Å². The number of carboxylic acids is 1. The van der Waals surface area contributed by atoms with Crippen LogP contribution in [0.2, 0.25) is 0 Å². The lowest BCUT2D eigenvalue weighted by molar-refractivity contribution is -0.143. The molecule has 5 unspecified atom stereocenters. The molecule has 1 rings (SSSR count). The van der Waals surface area contributed by atoms with Crippen LogP contribution >= 0.6 is 0 Å². The van der Waals surface area contributed by atoms with Crippen molar-refractivity contribution in [2.45, 2.75) is 70.1 Å². The number of carbonyl (C=O) groups excluding carboxylic acids is 3. The highest BCUT2D eigenvalue weighted by molar-refractivity contribution is 5.94. The summed E-state index contributed by atoms with van der Waals surface area (Å²) in [5.41, 5.74) is 12.4. The number of aliphatic hydroxyl groups is 1. The van der Waals surface area contributed by atoms with Crippen molar-refractivity contribution in [2.75, 3.05) is 13.2 Å². The summed E-state index contributed by atoms with van der Waals surface area (Å²) in [5.74, 6) is -3.34. The maximum absolute atomic E-state index is 13.2. The Morgan fingerprint density at radius 2 is 1.49 bits per heavy atom. The van der Waals surface area contributed by atoms with Gasteiger partial charge in [0.1, 0.15) is 18.1 Å². The van der Waals surface area contributed by atoms with E-state index in [-0.39, 0.29) is 18.8 Å². The molecule has 9 N–H and O–H groups in total. The number of unbranched alkanes of at least 4 members (excludes halogenated alkanes) is 1. The van der Waals surface area contributed by atoms with Gasteiger partial charge in [0.25, 0.3) is 0 Å². The molecule has 11 nitrogen and oxygen atoms in total. The van der Waals surface area contributed by atoms with Gasteiger partial charge in [-0.05, 0) is 37.3 Å². The van der Waals surface area contributed by atoms with E-state index < -0.39 is 54.5 Å². The second-order valence-electron chi connectivity index (χ2n) is 8.59. The van der Waals surface area contributed by atoms with Gasteiger partial charge in [0.15, 0.2) is 0 Å². The SMILES string of the molecule is CCC(C)C(N)C(=O)NC(Cc1ccccc1)C(=O)NC(CCCCN)C(=O)NC(CO)C(=O)O. The standard InChI is InChI=1S/C24H39N5O6/c1-3-15(2)20(26)23(33)28-18(13-16-9-5-4-6-10-16)22(32)27-17(11-7-8-12-25)21(31)29-19(14-30)24(34)35/h4-6,9-10,15,17-20,30H,3,7-8,11-14,25-26H2,1-2H3,(H,27,32)(H,28,33)(H,29,31)(H,34,35). The highest BCUT2D eigenvalue weighted by Gasteiger charge is 2.30. The molecule has 0 heterocycles. The third-order valence-electron chi connectivity index (χ3n) is 5.85. The number of carbonyl (C=O) groups is 4. The van der Waals surface area contributed by atoms with Crippen molar-refractivity contribution in [1.82, 2.24) is 16.0 Å². The second-order valence-corrected chi connectivity index (χ2v) is 8.59. The first-order valence-corrected chi connectivity index (χ1v) is 11.9. The molecule has 0 aliphatic carbocycles. The van der Waals surface area contributed by atoms with Gasteiger partial charge in [0.2, 0.25) is 17.7 Å². The van der Waals surface area contributed by atoms with E-state index in [2.05, 4.69) is 16.0 Å². The first-order valence-electron chi connectivity index (χ1n) is 11.9. The predicted molar refractivity (Wildman–Crippen MR) is 131 cm³/mol. The van der Waals surface area contributed by atoms with Crippen molar-refractivity contribution in [3.8, 4) is 0 Å². The second kappa shape index (κ2) is 15.8. The smallest absolute Gasteiger partial charge is 0.328 e. The van der Waals surface area contributed by atoms with Gasteiger partial charge in [-0.25, -0.2) is 4.79 Å². The van der Waals surface area contributed by atoms with Crippen LogP contribution in [0.1, 0.15) is 45.1 Å². The molecule has 11 heteroatoms.